The molecule has 1 aliphatic heterocycles. The van der Waals surface area contributed by atoms with E-state index in [2.05, 4.69) is 14.8 Å². The molecule has 0 saturated carbocycles. The molecule has 1 saturated heterocycles. The predicted molar refractivity (Wildman–Crippen MR) is 145 cm³/mol. The van der Waals surface area contributed by atoms with Crippen LogP contribution in [0.1, 0.15) is 21.1 Å². The molecule has 1 atom stereocenters. The van der Waals surface area contributed by atoms with Crippen LogP contribution in [0.4, 0.5) is 13.2 Å². The summed E-state index contributed by atoms with van der Waals surface area (Å²) in [7, 11) is 0. The third-order valence-corrected chi connectivity index (χ3v) is 8.58. The Bertz CT molecular complexity index is 1380. The summed E-state index contributed by atoms with van der Waals surface area (Å²) in [4.78, 5) is 14.8. The topological polar surface area (TPSA) is 61.7 Å². The molecule has 0 amide bonds. The number of hydrogen-bond donors (Lipinski definition) is 1. The van der Waals surface area contributed by atoms with Gasteiger partial charge in [-0.2, -0.15) is 13.2 Å². The van der Waals surface area contributed by atoms with Crippen LogP contribution in [0.25, 0.3) is 20.8 Å². The van der Waals surface area contributed by atoms with Crippen LogP contribution in [0.5, 0.6) is 5.75 Å². The number of β-amino-alcohol motifs (C(OH)–C–C–N with tert-alkyl or cyclic N) is 1. The van der Waals surface area contributed by atoms with Crippen LogP contribution in [0, 0.1) is 13.8 Å². The first kappa shape index (κ1) is 27.0. The molecule has 0 unspecified atom stereocenters. The number of ether oxygens (including phenoxy) is 1. The highest BCUT2D eigenvalue weighted by Gasteiger charge is 2.30. The van der Waals surface area contributed by atoms with Crippen LogP contribution in [0.15, 0.2) is 42.5 Å². The molecule has 3 heterocycles. The van der Waals surface area contributed by atoms with E-state index in [9.17, 15) is 18.3 Å². The molecule has 0 bridgehead atoms. The van der Waals surface area contributed by atoms with Gasteiger partial charge in [0.25, 0.3) is 0 Å². The van der Waals surface area contributed by atoms with E-state index in [-0.39, 0.29) is 6.61 Å². The summed E-state index contributed by atoms with van der Waals surface area (Å²) >= 11 is 3.15. The van der Waals surface area contributed by atoms with Crippen molar-refractivity contribution in [1.29, 1.82) is 0 Å². The quantitative estimate of drug-likeness (QED) is 0.301. The molecule has 2 aromatic carbocycles. The number of benzene rings is 2. The zero-order chi connectivity index (χ0) is 26.9. The summed E-state index contributed by atoms with van der Waals surface area (Å²) in [5.41, 5.74) is 1.91. The predicted octanol–water partition coefficient (Wildman–Crippen LogP) is 5.61. The molecular weight excluding hydrogens is 533 g/mol. The Hall–Kier alpha value is -2.57. The van der Waals surface area contributed by atoms with E-state index >= 15 is 0 Å². The number of fused-ring (bicyclic) bond motifs is 1. The van der Waals surface area contributed by atoms with Gasteiger partial charge in [-0.25, -0.2) is 9.97 Å². The van der Waals surface area contributed by atoms with Gasteiger partial charge in [-0.05, 0) is 38.1 Å². The lowest BCUT2D eigenvalue weighted by atomic mass is 10.1. The number of halogens is 3. The van der Waals surface area contributed by atoms with Gasteiger partial charge < -0.3 is 9.84 Å². The average Bonchev–Trinajstić information content (AvgIpc) is 3.44. The summed E-state index contributed by atoms with van der Waals surface area (Å²) in [6.45, 7) is 8.79. The van der Waals surface area contributed by atoms with Crippen LogP contribution >= 0.6 is 22.7 Å². The molecular formula is C27H29F3N4O2S2. The molecule has 11 heteroatoms. The van der Waals surface area contributed by atoms with Crippen molar-refractivity contribution in [3.05, 3.63) is 63.6 Å². The van der Waals surface area contributed by atoms with Crippen molar-refractivity contribution >= 4 is 32.9 Å². The Morgan fingerprint density at radius 2 is 1.68 bits per heavy atom. The van der Waals surface area contributed by atoms with Crippen molar-refractivity contribution in [2.24, 2.45) is 0 Å². The van der Waals surface area contributed by atoms with E-state index in [0.29, 0.717) is 24.4 Å². The summed E-state index contributed by atoms with van der Waals surface area (Å²) < 4.78 is 45.5. The molecule has 1 N–H and O–H groups in total. The van der Waals surface area contributed by atoms with Gasteiger partial charge in [0.15, 0.2) is 0 Å². The van der Waals surface area contributed by atoms with Gasteiger partial charge in [0.2, 0.25) is 0 Å². The van der Waals surface area contributed by atoms with Gasteiger partial charge in [-0.1, -0.05) is 12.1 Å². The van der Waals surface area contributed by atoms with E-state index in [1.807, 2.05) is 32.0 Å². The Kier molecular flexibility index (Phi) is 8.01. The second kappa shape index (κ2) is 11.3. The number of piperazine rings is 1. The minimum Gasteiger partial charge on any atom is -0.491 e. The first-order valence-electron chi connectivity index (χ1n) is 12.4. The van der Waals surface area contributed by atoms with Crippen LogP contribution in [-0.2, 0) is 12.7 Å². The maximum absolute atomic E-state index is 12.9. The largest absolute Gasteiger partial charge is 0.491 e. The highest BCUT2D eigenvalue weighted by atomic mass is 32.1. The van der Waals surface area contributed by atoms with E-state index < -0.39 is 17.8 Å². The zero-order valence-corrected chi connectivity index (χ0v) is 22.8. The van der Waals surface area contributed by atoms with Gasteiger partial charge in [-0.15, -0.1) is 22.7 Å². The van der Waals surface area contributed by atoms with Crippen LogP contribution in [-0.4, -0.2) is 70.3 Å². The van der Waals surface area contributed by atoms with Crippen LogP contribution in [0.2, 0.25) is 0 Å². The molecule has 1 aliphatic rings. The van der Waals surface area contributed by atoms with Crippen LogP contribution in [0.3, 0.4) is 0 Å². The fraction of sp³-hybridized carbons (Fsp3) is 0.407. The Morgan fingerprint density at radius 1 is 0.974 bits per heavy atom. The number of aliphatic hydroxyl groups is 1. The third-order valence-electron chi connectivity index (χ3n) is 6.57. The summed E-state index contributed by atoms with van der Waals surface area (Å²) in [6, 6.07) is 11.0. The number of alkyl halides is 3. The Labute approximate surface area is 227 Å². The lowest BCUT2D eigenvalue weighted by Crippen LogP contribution is -2.48. The van der Waals surface area contributed by atoms with Crippen molar-refractivity contribution in [2.45, 2.75) is 32.7 Å². The zero-order valence-electron chi connectivity index (χ0n) is 21.2. The van der Waals surface area contributed by atoms with Crippen molar-refractivity contribution in [2.75, 3.05) is 39.3 Å². The first-order chi connectivity index (χ1) is 18.1. The maximum atomic E-state index is 12.9. The fourth-order valence-corrected chi connectivity index (χ4v) is 6.23. The lowest BCUT2D eigenvalue weighted by Gasteiger charge is -2.35. The fourth-order valence-electron chi connectivity index (χ4n) is 4.50. The molecule has 6 nitrogen and oxygen atoms in total. The highest BCUT2D eigenvalue weighted by Crippen LogP contribution is 2.33. The Balaban J connectivity index is 1.08. The SMILES string of the molecule is Cc1nc2cc(OC[C@H](O)CN3CCN(Cc4nc(-c5ccc(C(F)(F)F)cc5)sc4C)CC3)ccc2s1. The average molecular weight is 563 g/mol. The molecule has 2 aromatic heterocycles. The minimum absolute atomic E-state index is 0.222. The normalized spacial score (nSPS) is 16.3. The number of aryl methyl sites for hydroxylation is 2. The highest BCUT2D eigenvalue weighted by molar-refractivity contribution is 7.18. The number of nitrogens with zero attached hydrogens (tertiary/aromatic N) is 4. The molecule has 4 aromatic rings. The first-order valence-corrected chi connectivity index (χ1v) is 14.0. The van der Waals surface area contributed by atoms with Gasteiger partial charge in [0.1, 0.15) is 23.5 Å². The smallest absolute Gasteiger partial charge is 0.416 e. The maximum Gasteiger partial charge on any atom is 0.416 e. The number of aliphatic hydroxyl groups excluding tert-OH is 1. The van der Waals surface area contributed by atoms with E-state index in [4.69, 9.17) is 9.72 Å². The molecule has 5 rings (SSSR count). The summed E-state index contributed by atoms with van der Waals surface area (Å²) in [5, 5.41) is 12.3. The van der Waals surface area contributed by atoms with Gasteiger partial charge in [0.05, 0.1) is 26.5 Å². The monoisotopic (exact) mass is 562 g/mol. The number of thiazole rings is 2. The number of aromatic nitrogens is 2. The molecule has 38 heavy (non-hydrogen) atoms. The second-order valence-corrected chi connectivity index (χ2v) is 11.9. The molecule has 0 radical (unpaired) electrons. The van der Waals surface area contributed by atoms with Crippen molar-refractivity contribution in [1.82, 2.24) is 19.8 Å². The molecule has 0 spiro atoms. The second-order valence-electron chi connectivity index (χ2n) is 9.50. The van der Waals surface area contributed by atoms with E-state index in [0.717, 1.165) is 69.1 Å². The Morgan fingerprint density at radius 3 is 2.39 bits per heavy atom. The number of rotatable bonds is 8. The molecule has 0 aliphatic carbocycles. The van der Waals surface area contributed by atoms with Crippen molar-refractivity contribution < 1.29 is 23.0 Å². The van der Waals surface area contributed by atoms with Gasteiger partial charge in [-0.3, -0.25) is 9.80 Å². The van der Waals surface area contributed by atoms with Crippen molar-refractivity contribution in [3.63, 3.8) is 0 Å². The van der Waals surface area contributed by atoms with E-state index in [1.54, 1.807) is 11.3 Å². The van der Waals surface area contributed by atoms with Gasteiger partial charge >= 0.3 is 6.18 Å². The third kappa shape index (κ3) is 6.52. The standard InChI is InChI=1S/C27H29F3N4O2S2/c1-17-24(32-26(37-17)19-3-5-20(6-4-19)27(28,29)30)15-34-11-9-33(10-12-34)14-21(35)16-36-22-7-8-25-23(13-22)31-18(2)38-25/h3-8,13,21,35H,9-12,14-16H2,1-2H3/t21-/m1/s1. The lowest BCUT2D eigenvalue weighted by molar-refractivity contribution is -0.137. The number of hydrogen-bond acceptors (Lipinski definition) is 8. The molecule has 1 fully saturated rings. The molecule has 202 valence electrons. The van der Waals surface area contributed by atoms with Crippen LogP contribution < -0.4 is 4.74 Å². The summed E-state index contributed by atoms with van der Waals surface area (Å²) in [5.74, 6) is 0.709. The van der Waals surface area contributed by atoms with E-state index in [1.165, 1.54) is 23.5 Å². The summed E-state index contributed by atoms with van der Waals surface area (Å²) in [6.07, 6.45) is -4.94. The minimum atomic E-state index is -4.34. The van der Waals surface area contributed by atoms with Crippen molar-refractivity contribution in [3.8, 4) is 16.3 Å². The van der Waals surface area contributed by atoms with Gasteiger partial charge in [0, 0.05) is 55.8 Å².